The van der Waals surface area contributed by atoms with Crippen molar-refractivity contribution >= 4 is 58.5 Å². The number of ketones is 1. The minimum absolute atomic E-state index is 0.153. The van der Waals surface area contributed by atoms with Gasteiger partial charge in [0.05, 0.1) is 12.1 Å². The Morgan fingerprint density at radius 2 is 0.847 bits per heavy atom. The van der Waals surface area contributed by atoms with Crippen LogP contribution in [0.4, 0.5) is 11.4 Å². The molecule has 11 N–H and O–H groups in total. The van der Waals surface area contributed by atoms with Crippen LogP contribution in [-0.4, -0.2) is 152 Å². The molecular formula is C75H101N13O10. The SMILES string of the molecule is CN[C@@H](C)C(=O)N[C@@H]1C(=O)N2[C@@H](CC[C@@H]1CCNCc1ccccc1)CC[C@H]2C(=O)N[C@H](C(=O)CCCCCNc1c(NCCCCNC(=O)[C@@H](NC(=O)[C@@H]2CC[C@@H]3CC[C@H](CCNCc4ccccc4)[C@H](NC(=O)[C@H](C)NC)C(=O)N32)c2ccccc2)c(=O)c1=O)c1ccccc1. The molecule has 23 nitrogen and oxygen atoms in total. The summed E-state index contributed by atoms with van der Waals surface area (Å²) in [5.74, 6) is -2.99. The van der Waals surface area contributed by atoms with E-state index in [9.17, 15) is 47.9 Å². The topological polar surface area (TPSA) is 310 Å². The number of fused-ring (bicyclic) bond motifs is 2. The van der Waals surface area contributed by atoms with E-state index in [2.05, 4.69) is 70.6 Å². The average molecular weight is 1340 g/mol. The Bertz CT molecular complexity index is 3290. The van der Waals surface area contributed by atoms with Gasteiger partial charge in [0.25, 0.3) is 10.9 Å². The molecule has 0 aliphatic carbocycles. The van der Waals surface area contributed by atoms with Crippen molar-refractivity contribution in [2.45, 2.75) is 190 Å². The third-order valence-corrected chi connectivity index (χ3v) is 20.3. The lowest BCUT2D eigenvalue weighted by molar-refractivity contribution is -0.144. The largest absolute Gasteiger partial charge is 0.380 e. The molecule has 4 fully saturated rings. The predicted molar refractivity (Wildman–Crippen MR) is 378 cm³/mol. The van der Waals surface area contributed by atoms with Crippen LogP contribution in [0.2, 0.25) is 0 Å². The second-order valence-electron chi connectivity index (χ2n) is 26.8. The highest BCUT2D eigenvalue weighted by Crippen LogP contribution is 2.38. The number of rotatable bonds is 37. The van der Waals surface area contributed by atoms with Crippen molar-refractivity contribution in [2.75, 3.05) is 57.5 Å². The maximum Gasteiger partial charge on any atom is 0.253 e. The fourth-order valence-electron chi connectivity index (χ4n) is 14.3. The third kappa shape index (κ3) is 19.4. The number of nitrogens with one attached hydrogen (secondary N) is 11. The number of hydrogen-bond acceptors (Lipinski definition) is 16. The Labute approximate surface area is 575 Å². The maximum absolute atomic E-state index is 14.7. The zero-order valence-electron chi connectivity index (χ0n) is 57.2. The first-order chi connectivity index (χ1) is 47.6. The smallest absolute Gasteiger partial charge is 0.253 e. The van der Waals surface area contributed by atoms with Gasteiger partial charge in [-0.15, -0.1) is 0 Å². The quantitative estimate of drug-likeness (QED) is 0.0186. The number of likely N-dealkylation sites (N-methyl/N-ethyl adjacent to an activating group) is 2. The molecule has 12 atom stereocenters. The summed E-state index contributed by atoms with van der Waals surface area (Å²) < 4.78 is 0. The van der Waals surface area contributed by atoms with Crippen LogP contribution in [0.1, 0.15) is 151 Å². The molecule has 0 aromatic heterocycles. The van der Waals surface area contributed by atoms with Crippen LogP contribution in [-0.2, 0) is 51.4 Å². The lowest BCUT2D eigenvalue weighted by Crippen LogP contribution is -2.58. The first-order valence-electron chi connectivity index (χ1n) is 35.5. The predicted octanol–water partition coefficient (Wildman–Crippen LogP) is 4.93. The second kappa shape index (κ2) is 36.8. The summed E-state index contributed by atoms with van der Waals surface area (Å²) >= 11 is 0. The van der Waals surface area contributed by atoms with Crippen LogP contribution in [0.25, 0.3) is 0 Å². The van der Waals surface area contributed by atoms with Crippen molar-refractivity contribution in [3.8, 4) is 0 Å². The fraction of sp³-hybridized carbons (Fsp3) is 0.520. The summed E-state index contributed by atoms with van der Waals surface area (Å²) in [6.45, 7) is 7.03. The van der Waals surface area contributed by atoms with Crippen molar-refractivity contribution in [1.82, 2.24) is 57.7 Å². The molecule has 7 amide bonds. The van der Waals surface area contributed by atoms with Crippen LogP contribution in [0.5, 0.6) is 0 Å². The van der Waals surface area contributed by atoms with E-state index in [0.717, 1.165) is 11.1 Å². The molecule has 526 valence electrons. The number of carbonyl (C=O) groups excluding carboxylic acids is 8. The fourth-order valence-corrected chi connectivity index (χ4v) is 14.3. The molecule has 4 heterocycles. The normalized spacial score (nSPS) is 21.9. The van der Waals surface area contributed by atoms with Crippen LogP contribution >= 0.6 is 0 Å². The van der Waals surface area contributed by atoms with Gasteiger partial charge in [-0.05, 0) is 165 Å². The summed E-state index contributed by atoms with van der Waals surface area (Å²) in [5, 5.41) is 34.2. The molecule has 0 unspecified atom stereocenters. The van der Waals surface area contributed by atoms with Gasteiger partial charge in [0.15, 0.2) is 5.78 Å². The molecule has 5 aromatic rings. The number of nitrogens with zero attached hydrogens (tertiary/aromatic N) is 2. The third-order valence-electron chi connectivity index (χ3n) is 20.3. The van der Waals surface area contributed by atoms with Crippen molar-refractivity contribution in [3.63, 3.8) is 0 Å². The van der Waals surface area contributed by atoms with Crippen molar-refractivity contribution in [1.29, 1.82) is 0 Å². The van der Waals surface area contributed by atoms with E-state index in [-0.39, 0.29) is 77.7 Å². The molecular weight excluding hydrogens is 1240 g/mol. The lowest BCUT2D eigenvalue weighted by Gasteiger charge is -2.33. The Morgan fingerprint density at radius 1 is 0.449 bits per heavy atom. The van der Waals surface area contributed by atoms with E-state index in [1.54, 1.807) is 74.1 Å². The zero-order chi connectivity index (χ0) is 69.5. The standard InChI is InChI=1S/C75H101N13O10/c1-48(76-3)69(92)85-63-54(39-44-78-46-50-22-10-5-11-23-50)31-33-56-35-37-58(87(56)74(63)97)71(94)83-61(52-26-14-7-15-27-52)60(89)30-18-9-19-41-80-65-66(68(91)67(65)90)81-42-20-21-43-82-73(96)62(53-28-16-8-17-29-53)84-72(95)59-38-36-57-34-32-55(40-45-79-47-51-24-12-6-13-25-51)64(75(98)88(57)59)86-70(93)49(2)77-4/h5-8,10-17,22-29,48-49,54-59,61-64,76-81H,9,18-21,30-47H2,1-4H3,(H,82,96)(H,83,94)(H,84,95)(H,85,92)(H,86,93)/t48-,49-,54+,55+,56-,57-,58-,59-,61-,62-,63-,64-/m0/s1. The number of amides is 7. The number of benzene rings is 4. The molecule has 4 aliphatic heterocycles. The Morgan fingerprint density at radius 3 is 1.30 bits per heavy atom. The number of anilines is 2. The van der Waals surface area contributed by atoms with Gasteiger partial charge in [-0.3, -0.25) is 47.9 Å². The monoisotopic (exact) mass is 1340 g/mol. The van der Waals surface area contributed by atoms with Gasteiger partial charge >= 0.3 is 0 Å². The van der Waals surface area contributed by atoms with E-state index >= 15 is 0 Å². The summed E-state index contributed by atoms with van der Waals surface area (Å²) in [7, 11) is 3.37. The summed E-state index contributed by atoms with van der Waals surface area (Å²) in [5.41, 5.74) is 2.62. The Hall–Kier alpha value is -8.64. The van der Waals surface area contributed by atoms with Crippen molar-refractivity contribution in [2.24, 2.45) is 11.8 Å². The molecule has 0 bridgehead atoms. The average Bonchev–Trinajstić information content (AvgIpc) is 1.60. The zero-order valence-corrected chi connectivity index (χ0v) is 57.2. The van der Waals surface area contributed by atoms with E-state index < -0.39 is 76.9 Å². The van der Waals surface area contributed by atoms with Gasteiger partial charge in [-0.1, -0.05) is 128 Å². The molecule has 0 spiro atoms. The molecule has 5 aromatic carbocycles. The molecule has 98 heavy (non-hydrogen) atoms. The summed E-state index contributed by atoms with van der Waals surface area (Å²) in [6.07, 6.45) is 8.96. The van der Waals surface area contributed by atoms with Crippen molar-refractivity contribution in [3.05, 3.63) is 164 Å². The molecule has 4 aliphatic rings. The van der Waals surface area contributed by atoms with Gasteiger partial charge < -0.3 is 68.3 Å². The highest BCUT2D eigenvalue weighted by molar-refractivity contribution is 5.98. The van der Waals surface area contributed by atoms with Crippen molar-refractivity contribution < 1.29 is 38.4 Å². The maximum atomic E-state index is 14.7. The molecule has 9 rings (SSSR count). The van der Waals surface area contributed by atoms with E-state index in [1.807, 2.05) is 72.8 Å². The van der Waals surface area contributed by atoms with Gasteiger partial charge in [0.2, 0.25) is 41.4 Å². The van der Waals surface area contributed by atoms with Gasteiger partial charge in [-0.25, -0.2) is 0 Å². The Kier molecular flexibility index (Phi) is 27.6. The Balaban J connectivity index is 0.719. The first-order valence-corrected chi connectivity index (χ1v) is 35.5. The molecule has 0 radical (unpaired) electrons. The summed E-state index contributed by atoms with van der Waals surface area (Å²) in [6, 6.07) is 31.2. The van der Waals surface area contributed by atoms with Crippen LogP contribution in [0, 0.1) is 11.8 Å². The molecule has 23 heteroatoms. The number of hydrogen-bond donors (Lipinski definition) is 11. The van der Waals surface area contributed by atoms with Gasteiger partial charge in [-0.2, -0.15) is 0 Å². The van der Waals surface area contributed by atoms with Gasteiger partial charge in [0, 0.05) is 51.2 Å². The summed E-state index contributed by atoms with van der Waals surface area (Å²) in [4.78, 5) is 142. The molecule has 4 saturated heterocycles. The van der Waals surface area contributed by atoms with E-state index in [4.69, 9.17) is 0 Å². The number of Topliss-reactive ketones (excluding diaryl/α,β-unsaturated/α-hetero) is 1. The van der Waals surface area contributed by atoms with Gasteiger partial charge in [0.1, 0.15) is 47.6 Å². The van der Waals surface area contributed by atoms with Crippen LogP contribution in [0.15, 0.2) is 131 Å². The number of unbranched alkanes of at least 4 members (excludes halogenated alkanes) is 3. The second-order valence-corrected chi connectivity index (χ2v) is 26.8. The minimum Gasteiger partial charge on any atom is -0.380 e. The van der Waals surface area contributed by atoms with E-state index in [0.29, 0.717) is 147 Å². The van der Waals surface area contributed by atoms with E-state index in [1.165, 1.54) is 0 Å². The highest BCUT2D eigenvalue weighted by Gasteiger charge is 2.50. The minimum atomic E-state index is -1.07. The number of carbonyl (C=O) groups is 8. The lowest BCUT2D eigenvalue weighted by atomic mass is 9.90. The van der Waals surface area contributed by atoms with Crippen LogP contribution in [0.3, 0.4) is 0 Å². The van der Waals surface area contributed by atoms with Crippen LogP contribution < -0.4 is 69.3 Å². The molecule has 0 saturated carbocycles. The first kappa shape index (κ1) is 73.6. The highest BCUT2D eigenvalue weighted by atomic mass is 16.2.